The van der Waals surface area contributed by atoms with Gasteiger partial charge in [-0.1, -0.05) is 19.3 Å². The Kier molecular flexibility index (Phi) is 3.76. The monoisotopic (exact) mass is 304 g/mol. The van der Waals surface area contributed by atoms with E-state index in [1.165, 1.54) is 43.4 Å². The van der Waals surface area contributed by atoms with Gasteiger partial charge in [0.05, 0.1) is 5.56 Å². The maximum absolute atomic E-state index is 12.3. The van der Waals surface area contributed by atoms with E-state index in [4.69, 9.17) is 0 Å². The Morgan fingerprint density at radius 2 is 1.86 bits per heavy atom. The van der Waals surface area contributed by atoms with Gasteiger partial charge in [0.2, 0.25) is 0 Å². The van der Waals surface area contributed by atoms with Crippen molar-refractivity contribution >= 4 is 17.2 Å². The highest BCUT2D eigenvalue weighted by molar-refractivity contribution is 7.10. The topological polar surface area (TPSA) is 41.1 Å². The first-order valence-electron chi connectivity index (χ1n) is 8.45. The van der Waals surface area contributed by atoms with E-state index in [-0.39, 0.29) is 5.91 Å². The van der Waals surface area contributed by atoms with Crippen LogP contribution in [0, 0.1) is 0 Å². The van der Waals surface area contributed by atoms with Crippen molar-refractivity contribution in [2.24, 2.45) is 0 Å². The van der Waals surface area contributed by atoms with Crippen LogP contribution in [0.2, 0.25) is 0 Å². The minimum atomic E-state index is 0.133. The van der Waals surface area contributed by atoms with E-state index in [1.807, 2.05) is 5.38 Å². The minimum absolute atomic E-state index is 0.133. The van der Waals surface area contributed by atoms with Gasteiger partial charge in [0.25, 0.3) is 5.91 Å². The Morgan fingerprint density at radius 1 is 1.10 bits per heavy atom. The molecule has 114 valence electrons. The molecule has 3 fully saturated rings. The molecule has 3 nitrogen and oxygen atoms in total. The Balaban J connectivity index is 1.31. The summed E-state index contributed by atoms with van der Waals surface area (Å²) in [5.41, 5.74) is 0.871. The molecule has 1 heterocycles. The first kappa shape index (κ1) is 13.8. The molecule has 1 aromatic heterocycles. The van der Waals surface area contributed by atoms with Crippen molar-refractivity contribution in [2.45, 2.75) is 75.4 Å². The summed E-state index contributed by atoms with van der Waals surface area (Å²) in [5, 5.41) is 8.96. The zero-order valence-electron chi connectivity index (χ0n) is 12.4. The summed E-state index contributed by atoms with van der Waals surface area (Å²) in [4.78, 5) is 13.6. The van der Waals surface area contributed by atoms with Crippen LogP contribution in [0.25, 0.3) is 0 Å². The molecular weight excluding hydrogens is 280 g/mol. The largest absolute Gasteiger partial charge is 0.349 e. The van der Waals surface area contributed by atoms with Gasteiger partial charge in [0.15, 0.2) is 0 Å². The van der Waals surface area contributed by atoms with Crippen LogP contribution in [-0.2, 0) is 0 Å². The lowest BCUT2D eigenvalue weighted by atomic mass is 9.93. The van der Waals surface area contributed by atoms with Gasteiger partial charge in [-0.05, 0) is 38.2 Å². The number of amides is 1. The van der Waals surface area contributed by atoms with Gasteiger partial charge in [-0.15, -0.1) is 11.3 Å². The van der Waals surface area contributed by atoms with E-state index < -0.39 is 0 Å². The van der Waals surface area contributed by atoms with Crippen LogP contribution in [0.1, 0.15) is 72.5 Å². The Bertz CT molecular complexity index is 517. The van der Waals surface area contributed by atoms with E-state index in [0.717, 1.165) is 24.4 Å². The molecule has 0 spiro atoms. The van der Waals surface area contributed by atoms with Crippen LogP contribution in [-0.4, -0.2) is 24.0 Å². The molecule has 1 aromatic rings. The van der Waals surface area contributed by atoms with Crippen LogP contribution in [0.15, 0.2) is 11.4 Å². The Morgan fingerprint density at radius 3 is 2.57 bits per heavy atom. The normalized spacial score (nSPS) is 29.3. The number of hydrogen-bond donors (Lipinski definition) is 2. The fourth-order valence-corrected chi connectivity index (χ4v) is 4.64. The molecule has 0 aliphatic heterocycles. The molecule has 2 N–H and O–H groups in total. The molecule has 3 aliphatic carbocycles. The molecule has 21 heavy (non-hydrogen) atoms. The van der Waals surface area contributed by atoms with E-state index in [1.54, 1.807) is 11.3 Å². The highest BCUT2D eigenvalue weighted by atomic mass is 32.1. The van der Waals surface area contributed by atoms with Gasteiger partial charge in [0, 0.05) is 34.3 Å². The Hall–Kier alpha value is -0.870. The summed E-state index contributed by atoms with van der Waals surface area (Å²) in [5.74, 6) is 0.789. The second-order valence-electron chi connectivity index (χ2n) is 6.94. The molecule has 1 amide bonds. The SMILES string of the molecule is O=C(NC1CCCC1)c1csc([C@@H]2C[C@@H]2NC2CCC2)c1. The number of nitrogens with one attached hydrogen (secondary N) is 2. The van der Waals surface area contributed by atoms with E-state index in [9.17, 15) is 4.79 Å². The van der Waals surface area contributed by atoms with Gasteiger partial charge in [-0.25, -0.2) is 0 Å². The first-order valence-corrected chi connectivity index (χ1v) is 9.33. The van der Waals surface area contributed by atoms with Gasteiger partial charge in [0.1, 0.15) is 0 Å². The molecule has 0 radical (unpaired) electrons. The zero-order chi connectivity index (χ0) is 14.2. The standard InChI is InChI=1S/C17H24N2OS/c20-17(19-13-4-1-2-5-13)11-8-16(21-10-11)14-9-15(14)18-12-6-3-7-12/h8,10,12-15,18H,1-7,9H2,(H,19,20)/t14-,15+/m1/s1. The molecular formula is C17H24N2OS. The number of rotatable bonds is 5. The highest BCUT2D eigenvalue weighted by Crippen LogP contribution is 2.44. The summed E-state index contributed by atoms with van der Waals surface area (Å²) in [6, 6.07) is 3.97. The van der Waals surface area contributed by atoms with E-state index >= 15 is 0 Å². The van der Waals surface area contributed by atoms with Crippen LogP contribution >= 0.6 is 11.3 Å². The molecule has 3 saturated carbocycles. The third kappa shape index (κ3) is 3.02. The quantitative estimate of drug-likeness (QED) is 0.875. The minimum Gasteiger partial charge on any atom is -0.349 e. The summed E-state index contributed by atoms with van der Waals surface area (Å²) in [7, 11) is 0. The smallest absolute Gasteiger partial charge is 0.252 e. The predicted octanol–water partition coefficient (Wildman–Crippen LogP) is 3.42. The molecule has 4 heteroatoms. The lowest BCUT2D eigenvalue weighted by Crippen LogP contribution is -2.37. The average Bonchev–Trinajstić information content (AvgIpc) is 2.86. The maximum Gasteiger partial charge on any atom is 0.252 e. The number of thiophene rings is 1. The van der Waals surface area contributed by atoms with Crippen molar-refractivity contribution in [3.05, 3.63) is 21.9 Å². The van der Waals surface area contributed by atoms with Crippen molar-refractivity contribution in [1.82, 2.24) is 10.6 Å². The van der Waals surface area contributed by atoms with E-state index in [0.29, 0.717) is 18.0 Å². The fraction of sp³-hybridized carbons (Fsp3) is 0.706. The van der Waals surface area contributed by atoms with Crippen molar-refractivity contribution in [3.8, 4) is 0 Å². The molecule has 0 bridgehead atoms. The third-order valence-corrected chi connectivity index (χ3v) is 6.35. The van der Waals surface area contributed by atoms with Crippen LogP contribution in [0.3, 0.4) is 0 Å². The average molecular weight is 304 g/mol. The molecule has 0 aromatic carbocycles. The van der Waals surface area contributed by atoms with Gasteiger partial charge < -0.3 is 10.6 Å². The lowest BCUT2D eigenvalue weighted by Gasteiger charge is -2.26. The molecule has 2 atom stereocenters. The summed E-state index contributed by atoms with van der Waals surface area (Å²) in [6.45, 7) is 0. The van der Waals surface area contributed by atoms with Gasteiger partial charge >= 0.3 is 0 Å². The second-order valence-corrected chi connectivity index (χ2v) is 7.88. The second kappa shape index (κ2) is 5.73. The third-order valence-electron chi connectivity index (χ3n) is 5.28. The van der Waals surface area contributed by atoms with Crippen molar-refractivity contribution < 1.29 is 4.79 Å². The summed E-state index contributed by atoms with van der Waals surface area (Å²) < 4.78 is 0. The van der Waals surface area contributed by atoms with Gasteiger partial charge in [-0.2, -0.15) is 0 Å². The molecule has 3 aliphatic rings. The number of carbonyl (C=O) groups is 1. The van der Waals surface area contributed by atoms with Crippen molar-refractivity contribution in [2.75, 3.05) is 0 Å². The molecule has 4 rings (SSSR count). The van der Waals surface area contributed by atoms with Crippen molar-refractivity contribution in [1.29, 1.82) is 0 Å². The van der Waals surface area contributed by atoms with Crippen molar-refractivity contribution in [3.63, 3.8) is 0 Å². The maximum atomic E-state index is 12.3. The van der Waals surface area contributed by atoms with E-state index in [2.05, 4.69) is 16.7 Å². The number of hydrogen-bond acceptors (Lipinski definition) is 3. The van der Waals surface area contributed by atoms with Gasteiger partial charge in [-0.3, -0.25) is 4.79 Å². The fourth-order valence-electron chi connectivity index (χ4n) is 3.58. The summed E-state index contributed by atoms with van der Waals surface area (Å²) in [6.07, 6.45) is 10.2. The Labute approximate surface area is 130 Å². The number of carbonyl (C=O) groups excluding carboxylic acids is 1. The predicted molar refractivity (Wildman–Crippen MR) is 86.0 cm³/mol. The van der Waals surface area contributed by atoms with Crippen LogP contribution in [0.5, 0.6) is 0 Å². The first-order chi connectivity index (χ1) is 10.3. The summed E-state index contributed by atoms with van der Waals surface area (Å²) >= 11 is 1.76. The molecule has 0 unspecified atom stereocenters. The highest BCUT2D eigenvalue weighted by Gasteiger charge is 2.41. The lowest BCUT2D eigenvalue weighted by molar-refractivity contribution is 0.0938. The zero-order valence-corrected chi connectivity index (χ0v) is 13.3. The molecule has 0 saturated heterocycles. The van der Waals surface area contributed by atoms with Crippen LogP contribution in [0.4, 0.5) is 0 Å². The van der Waals surface area contributed by atoms with Crippen LogP contribution < -0.4 is 10.6 Å².